The summed E-state index contributed by atoms with van der Waals surface area (Å²) in [6.45, 7) is 7.42. The summed E-state index contributed by atoms with van der Waals surface area (Å²) >= 11 is 0. The molecule has 12 nitrogen and oxygen atoms in total. The molecule has 0 radical (unpaired) electrons. The minimum Gasteiger partial charge on any atom is -0.463 e. The van der Waals surface area contributed by atoms with Crippen LogP contribution in [-0.4, -0.2) is 87.1 Å². The van der Waals surface area contributed by atoms with Gasteiger partial charge in [-0.25, -0.2) is 0 Å². The van der Waals surface area contributed by atoms with Gasteiger partial charge in [-0.3, -0.25) is 19.2 Å². The van der Waals surface area contributed by atoms with Crippen LogP contribution < -0.4 is 5.73 Å². The Kier molecular flexibility index (Phi) is 22.5. The fraction of sp³-hybridized carbons (Fsp3) is 0.879. The number of hydrogen-bond acceptors (Lipinski definition) is 12. The van der Waals surface area contributed by atoms with E-state index in [0.29, 0.717) is 6.61 Å². The van der Waals surface area contributed by atoms with Crippen LogP contribution in [0.2, 0.25) is 0 Å². The van der Waals surface area contributed by atoms with Gasteiger partial charge in [0.2, 0.25) is 0 Å². The zero-order valence-electron chi connectivity index (χ0n) is 28.3. The van der Waals surface area contributed by atoms with Crippen molar-refractivity contribution in [3.8, 4) is 0 Å². The number of carbonyl (C=O) groups excluding carboxylic acids is 4. The van der Waals surface area contributed by atoms with Crippen LogP contribution in [0.15, 0.2) is 0 Å². The Morgan fingerprint density at radius 2 is 1.09 bits per heavy atom. The van der Waals surface area contributed by atoms with Gasteiger partial charge in [0.05, 0.1) is 19.3 Å². The molecule has 262 valence electrons. The SMILES string of the molecule is CCCCCCCCCCCCCCCCOC[C@@H](N)COC1OC(COC(C)=O)C(OC(C)=O)C(OC(C)=O)C1OC(C)=O. The largest absolute Gasteiger partial charge is 0.463 e. The van der Waals surface area contributed by atoms with Gasteiger partial charge in [-0.2, -0.15) is 0 Å². The standard InChI is InChI=1S/C33H59NO11/c1-6-7-8-9-10-11-12-13-14-15-16-17-18-19-20-39-21-28(34)22-41-33-32(44-27(5)38)31(43-26(4)37)30(42-25(3)36)29(45-33)23-40-24(2)35/h28-33H,6-23,34H2,1-5H3/t28-,29?,30?,31?,32?,33?/m1/s1. The maximum atomic E-state index is 11.9. The van der Waals surface area contributed by atoms with Gasteiger partial charge in [0.1, 0.15) is 12.7 Å². The number of esters is 4. The Hall–Kier alpha value is -2.28. The molecule has 0 amide bonds. The lowest BCUT2D eigenvalue weighted by molar-refractivity contribution is -0.309. The van der Waals surface area contributed by atoms with Crippen LogP contribution >= 0.6 is 0 Å². The molecule has 45 heavy (non-hydrogen) atoms. The van der Waals surface area contributed by atoms with E-state index in [9.17, 15) is 19.2 Å². The van der Waals surface area contributed by atoms with Crippen molar-refractivity contribution in [3.05, 3.63) is 0 Å². The van der Waals surface area contributed by atoms with Crippen molar-refractivity contribution < 1.29 is 52.3 Å². The first kappa shape index (κ1) is 40.7. The van der Waals surface area contributed by atoms with Crippen molar-refractivity contribution in [2.45, 2.75) is 161 Å². The van der Waals surface area contributed by atoms with E-state index in [-0.39, 0.29) is 19.8 Å². The van der Waals surface area contributed by atoms with E-state index in [1.54, 1.807) is 0 Å². The van der Waals surface area contributed by atoms with Crippen molar-refractivity contribution in [3.63, 3.8) is 0 Å². The molecule has 1 aliphatic heterocycles. The molecule has 1 heterocycles. The maximum Gasteiger partial charge on any atom is 0.303 e. The molecule has 0 aliphatic carbocycles. The number of nitrogens with two attached hydrogens (primary N) is 1. The normalized spacial score (nSPS) is 22.0. The fourth-order valence-electron chi connectivity index (χ4n) is 5.22. The molecule has 12 heteroatoms. The number of rotatable bonds is 25. The second-order valence-electron chi connectivity index (χ2n) is 11.8. The van der Waals surface area contributed by atoms with Crippen LogP contribution in [0.4, 0.5) is 0 Å². The van der Waals surface area contributed by atoms with Crippen LogP contribution in [0.1, 0.15) is 125 Å². The summed E-state index contributed by atoms with van der Waals surface area (Å²) in [5, 5.41) is 0. The molecule has 1 rings (SSSR count). The molecule has 1 saturated heterocycles. The van der Waals surface area contributed by atoms with Gasteiger partial charge in [0.15, 0.2) is 24.6 Å². The van der Waals surface area contributed by atoms with E-state index >= 15 is 0 Å². The van der Waals surface area contributed by atoms with Gasteiger partial charge in [-0.05, 0) is 6.42 Å². The lowest BCUT2D eigenvalue weighted by Crippen LogP contribution is -2.63. The maximum absolute atomic E-state index is 11.9. The van der Waals surface area contributed by atoms with Crippen LogP contribution in [0.3, 0.4) is 0 Å². The highest BCUT2D eigenvalue weighted by atomic mass is 16.7. The van der Waals surface area contributed by atoms with Gasteiger partial charge in [0.25, 0.3) is 0 Å². The Labute approximate surface area is 269 Å². The van der Waals surface area contributed by atoms with Crippen LogP contribution in [-0.2, 0) is 52.3 Å². The summed E-state index contributed by atoms with van der Waals surface area (Å²) in [5.41, 5.74) is 6.20. The van der Waals surface area contributed by atoms with E-state index in [4.69, 9.17) is 38.9 Å². The first-order chi connectivity index (χ1) is 21.5. The monoisotopic (exact) mass is 645 g/mol. The molecule has 0 aromatic heterocycles. The van der Waals surface area contributed by atoms with Crippen molar-refractivity contribution in [2.75, 3.05) is 26.4 Å². The molecule has 0 spiro atoms. The fourth-order valence-corrected chi connectivity index (χ4v) is 5.22. The lowest BCUT2D eigenvalue weighted by Gasteiger charge is -2.44. The summed E-state index contributed by atoms with van der Waals surface area (Å²) in [4.78, 5) is 47.2. The van der Waals surface area contributed by atoms with Gasteiger partial charge >= 0.3 is 23.9 Å². The predicted octanol–water partition coefficient (Wildman–Crippen LogP) is 4.91. The van der Waals surface area contributed by atoms with Gasteiger partial charge in [-0.15, -0.1) is 0 Å². The summed E-state index contributed by atoms with van der Waals surface area (Å²) in [6, 6.07) is -0.525. The van der Waals surface area contributed by atoms with Crippen LogP contribution in [0.25, 0.3) is 0 Å². The molecular weight excluding hydrogens is 586 g/mol. The average molecular weight is 646 g/mol. The molecule has 0 bridgehead atoms. The topological polar surface area (TPSA) is 159 Å². The Bertz CT molecular complexity index is 839. The van der Waals surface area contributed by atoms with E-state index in [1.807, 2.05) is 0 Å². The third-order valence-electron chi connectivity index (χ3n) is 7.40. The summed E-state index contributed by atoms with van der Waals surface area (Å²) in [7, 11) is 0. The predicted molar refractivity (Wildman–Crippen MR) is 167 cm³/mol. The Morgan fingerprint density at radius 3 is 1.58 bits per heavy atom. The lowest BCUT2D eigenvalue weighted by atomic mass is 9.98. The van der Waals surface area contributed by atoms with Crippen molar-refractivity contribution in [1.29, 1.82) is 0 Å². The molecular formula is C33H59NO11. The highest BCUT2D eigenvalue weighted by Crippen LogP contribution is 2.30. The highest BCUT2D eigenvalue weighted by Gasteiger charge is 2.52. The molecule has 0 aromatic rings. The number of ether oxygens (including phenoxy) is 7. The molecule has 0 aromatic carbocycles. The van der Waals surface area contributed by atoms with E-state index < -0.39 is 60.6 Å². The summed E-state index contributed by atoms with van der Waals surface area (Å²) < 4.78 is 38.7. The smallest absolute Gasteiger partial charge is 0.303 e. The molecule has 0 saturated carbocycles. The van der Waals surface area contributed by atoms with Gasteiger partial charge < -0.3 is 38.9 Å². The first-order valence-electron chi connectivity index (χ1n) is 16.8. The molecule has 6 atom stereocenters. The van der Waals surface area contributed by atoms with Gasteiger partial charge in [0, 0.05) is 34.3 Å². The average Bonchev–Trinajstić information content (AvgIpc) is 2.96. The highest BCUT2D eigenvalue weighted by molar-refractivity contribution is 5.68. The zero-order valence-corrected chi connectivity index (χ0v) is 28.3. The Morgan fingerprint density at radius 1 is 0.622 bits per heavy atom. The van der Waals surface area contributed by atoms with Gasteiger partial charge in [-0.1, -0.05) is 90.4 Å². The summed E-state index contributed by atoms with van der Waals surface area (Å²) in [5.74, 6) is -2.71. The van der Waals surface area contributed by atoms with Crippen LogP contribution in [0.5, 0.6) is 0 Å². The van der Waals surface area contributed by atoms with E-state index in [1.165, 1.54) is 90.9 Å². The summed E-state index contributed by atoms with van der Waals surface area (Å²) in [6.07, 6.45) is 11.8. The number of hydrogen-bond donors (Lipinski definition) is 1. The molecule has 1 aliphatic rings. The van der Waals surface area contributed by atoms with Crippen LogP contribution in [0, 0.1) is 0 Å². The van der Waals surface area contributed by atoms with Crippen molar-refractivity contribution in [1.82, 2.24) is 0 Å². The molecule has 5 unspecified atom stereocenters. The second kappa shape index (κ2) is 24.9. The number of unbranched alkanes of at least 4 members (excludes halogenated alkanes) is 13. The number of carbonyl (C=O) groups is 4. The Balaban J connectivity index is 2.45. The minimum atomic E-state index is -1.29. The van der Waals surface area contributed by atoms with E-state index in [2.05, 4.69) is 6.92 Å². The first-order valence-corrected chi connectivity index (χ1v) is 16.8. The molecule has 1 fully saturated rings. The zero-order chi connectivity index (χ0) is 33.5. The molecule has 2 N–H and O–H groups in total. The second-order valence-corrected chi connectivity index (χ2v) is 11.8. The minimum absolute atomic E-state index is 0.0352. The van der Waals surface area contributed by atoms with Crippen molar-refractivity contribution >= 4 is 23.9 Å². The van der Waals surface area contributed by atoms with E-state index in [0.717, 1.165) is 26.7 Å². The van der Waals surface area contributed by atoms with Crippen molar-refractivity contribution in [2.24, 2.45) is 5.73 Å². The third-order valence-corrected chi connectivity index (χ3v) is 7.40. The third kappa shape index (κ3) is 19.8. The quantitative estimate of drug-likeness (QED) is 0.0813.